The summed E-state index contributed by atoms with van der Waals surface area (Å²) in [6.45, 7) is 3.48. The highest BCUT2D eigenvalue weighted by Gasteiger charge is 2.32. The summed E-state index contributed by atoms with van der Waals surface area (Å²) in [5, 5.41) is 2.59. The van der Waals surface area contributed by atoms with Crippen LogP contribution >= 0.6 is 11.3 Å². The number of likely N-dealkylation sites (tertiary alicyclic amines) is 1. The van der Waals surface area contributed by atoms with Crippen LogP contribution in [0.4, 0.5) is 0 Å². The van der Waals surface area contributed by atoms with Gasteiger partial charge in [0.05, 0.1) is 12.5 Å². The molecule has 2 heterocycles. The topological polar surface area (TPSA) is 42.4 Å². The summed E-state index contributed by atoms with van der Waals surface area (Å²) >= 11 is 1.49. The third-order valence-electron chi connectivity index (χ3n) is 4.04. The number of aromatic nitrogens is 1. The molecule has 3 rings (SSSR count). The van der Waals surface area contributed by atoms with Crippen molar-refractivity contribution in [3.8, 4) is 5.19 Å². The second kappa shape index (κ2) is 6.92. The molecule has 116 valence electrons. The molecule has 2 aromatic rings. The Bertz CT molecular complexity index is 600. The first-order valence-corrected chi connectivity index (χ1v) is 8.55. The van der Waals surface area contributed by atoms with Gasteiger partial charge in [-0.25, -0.2) is 4.98 Å². The maximum Gasteiger partial charge on any atom is 0.273 e. The first-order chi connectivity index (χ1) is 10.8. The molecule has 5 heteroatoms. The maximum atomic E-state index is 12.8. The smallest absolute Gasteiger partial charge is 0.273 e. The standard InChI is InChI=1S/C17H20N2O2S/c1-2-15(13-6-4-3-5-7-13)16(20)19-10-8-14(12-19)21-17-18-9-11-22-17/h3-7,9,11,14-15H,2,8,10,12H2,1H3/t14-,15-/m1/s1. The molecule has 0 N–H and O–H groups in total. The number of ether oxygens (including phenoxy) is 1. The Kier molecular flexibility index (Phi) is 4.73. The molecule has 0 saturated carbocycles. The summed E-state index contributed by atoms with van der Waals surface area (Å²) in [6, 6.07) is 10.0. The fourth-order valence-corrected chi connectivity index (χ4v) is 3.45. The molecular formula is C17H20N2O2S. The van der Waals surface area contributed by atoms with E-state index in [1.165, 1.54) is 11.3 Å². The van der Waals surface area contributed by atoms with Crippen molar-refractivity contribution in [1.82, 2.24) is 9.88 Å². The number of nitrogens with zero attached hydrogens (tertiary/aromatic N) is 2. The van der Waals surface area contributed by atoms with E-state index in [1.54, 1.807) is 6.20 Å². The molecule has 1 aliphatic rings. The predicted octanol–water partition coefficient (Wildman–Crippen LogP) is 3.32. The van der Waals surface area contributed by atoms with Gasteiger partial charge in [0.2, 0.25) is 5.91 Å². The van der Waals surface area contributed by atoms with Gasteiger partial charge >= 0.3 is 0 Å². The second-order valence-corrected chi connectivity index (χ2v) is 6.34. The molecule has 22 heavy (non-hydrogen) atoms. The SMILES string of the molecule is CC[C@@H](C(=O)N1CC[C@@H](Oc2nccs2)C1)c1ccccc1. The van der Waals surface area contributed by atoms with Gasteiger partial charge in [-0.2, -0.15) is 0 Å². The van der Waals surface area contributed by atoms with E-state index in [0.29, 0.717) is 11.7 Å². The lowest BCUT2D eigenvalue weighted by Crippen LogP contribution is -2.34. The summed E-state index contributed by atoms with van der Waals surface area (Å²) in [7, 11) is 0. The van der Waals surface area contributed by atoms with E-state index in [-0.39, 0.29) is 17.9 Å². The Labute approximate surface area is 134 Å². The van der Waals surface area contributed by atoms with Gasteiger partial charge in [-0.3, -0.25) is 4.79 Å². The molecule has 0 aliphatic carbocycles. The zero-order valence-corrected chi connectivity index (χ0v) is 13.5. The molecule has 1 fully saturated rings. The van der Waals surface area contributed by atoms with Gasteiger partial charge in [0.1, 0.15) is 6.10 Å². The van der Waals surface area contributed by atoms with E-state index in [2.05, 4.69) is 11.9 Å². The monoisotopic (exact) mass is 316 g/mol. The van der Waals surface area contributed by atoms with Crippen LogP contribution in [-0.2, 0) is 4.79 Å². The number of benzene rings is 1. The van der Waals surface area contributed by atoms with Crippen molar-refractivity contribution in [3.63, 3.8) is 0 Å². The number of amides is 1. The number of carbonyl (C=O) groups excluding carboxylic acids is 1. The van der Waals surface area contributed by atoms with Crippen LogP contribution in [0.25, 0.3) is 0 Å². The quantitative estimate of drug-likeness (QED) is 0.850. The van der Waals surface area contributed by atoms with E-state index in [9.17, 15) is 4.79 Å². The van der Waals surface area contributed by atoms with Crippen molar-refractivity contribution in [2.75, 3.05) is 13.1 Å². The third kappa shape index (κ3) is 3.30. The van der Waals surface area contributed by atoms with Crippen molar-refractivity contribution < 1.29 is 9.53 Å². The highest BCUT2D eigenvalue weighted by Crippen LogP contribution is 2.26. The Morgan fingerprint density at radius 2 is 2.27 bits per heavy atom. The minimum absolute atomic E-state index is 0.0557. The Morgan fingerprint density at radius 1 is 1.45 bits per heavy atom. The lowest BCUT2D eigenvalue weighted by molar-refractivity contribution is -0.132. The van der Waals surface area contributed by atoms with Crippen LogP contribution < -0.4 is 4.74 Å². The van der Waals surface area contributed by atoms with E-state index < -0.39 is 0 Å². The van der Waals surface area contributed by atoms with E-state index in [4.69, 9.17) is 4.74 Å². The van der Waals surface area contributed by atoms with Gasteiger partial charge in [-0.15, -0.1) is 0 Å². The molecule has 1 saturated heterocycles. The number of rotatable bonds is 5. The molecule has 4 nitrogen and oxygen atoms in total. The summed E-state index contributed by atoms with van der Waals surface area (Å²) in [6.07, 6.45) is 3.48. The maximum absolute atomic E-state index is 12.8. The molecule has 0 spiro atoms. The normalized spacial score (nSPS) is 19.1. The van der Waals surface area contributed by atoms with Crippen LogP contribution in [0.5, 0.6) is 5.19 Å². The van der Waals surface area contributed by atoms with Crippen LogP contribution in [0.1, 0.15) is 31.2 Å². The highest BCUT2D eigenvalue weighted by molar-refractivity contribution is 7.11. The largest absolute Gasteiger partial charge is 0.465 e. The lowest BCUT2D eigenvalue weighted by atomic mass is 9.95. The zero-order valence-electron chi connectivity index (χ0n) is 12.6. The van der Waals surface area contributed by atoms with Crippen molar-refractivity contribution in [3.05, 3.63) is 47.5 Å². The number of hydrogen-bond acceptors (Lipinski definition) is 4. The minimum Gasteiger partial charge on any atom is -0.465 e. The first-order valence-electron chi connectivity index (χ1n) is 7.67. The number of hydrogen-bond donors (Lipinski definition) is 0. The summed E-state index contributed by atoms with van der Waals surface area (Å²) in [4.78, 5) is 18.9. The predicted molar refractivity (Wildman–Crippen MR) is 87.2 cm³/mol. The number of carbonyl (C=O) groups is 1. The van der Waals surface area contributed by atoms with E-state index >= 15 is 0 Å². The van der Waals surface area contributed by atoms with E-state index in [0.717, 1.165) is 24.9 Å². The Balaban J connectivity index is 1.63. The summed E-state index contributed by atoms with van der Waals surface area (Å²) in [5.74, 6) is 0.152. The molecule has 1 aliphatic heterocycles. The fraction of sp³-hybridized carbons (Fsp3) is 0.412. The van der Waals surface area contributed by atoms with Crippen molar-refractivity contribution in [2.24, 2.45) is 0 Å². The van der Waals surface area contributed by atoms with Crippen LogP contribution in [0, 0.1) is 0 Å². The van der Waals surface area contributed by atoms with Crippen molar-refractivity contribution in [2.45, 2.75) is 31.8 Å². The summed E-state index contributed by atoms with van der Waals surface area (Å²) in [5.41, 5.74) is 1.10. The van der Waals surface area contributed by atoms with Gasteiger partial charge in [0, 0.05) is 24.5 Å². The number of thiazole rings is 1. The molecule has 0 unspecified atom stereocenters. The van der Waals surface area contributed by atoms with Gasteiger partial charge < -0.3 is 9.64 Å². The van der Waals surface area contributed by atoms with Crippen LogP contribution in [0.15, 0.2) is 41.9 Å². The molecule has 0 radical (unpaired) electrons. The first kappa shape index (κ1) is 15.0. The Morgan fingerprint density at radius 3 is 2.95 bits per heavy atom. The van der Waals surface area contributed by atoms with Crippen LogP contribution in [-0.4, -0.2) is 35.0 Å². The average molecular weight is 316 g/mol. The summed E-state index contributed by atoms with van der Waals surface area (Å²) < 4.78 is 5.83. The molecular weight excluding hydrogens is 296 g/mol. The lowest BCUT2D eigenvalue weighted by Gasteiger charge is -2.23. The molecule has 1 aromatic heterocycles. The van der Waals surface area contributed by atoms with Gasteiger partial charge in [-0.1, -0.05) is 48.6 Å². The van der Waals surface area contributed by atoms with Crippen molar-refractivity contribution in [1.29, 1.82) is 0 Å². The molecule has 0 bridgehead atoms. The molecule has 2 atom stereocenters. The van der Waals surface area contributed by atoms with Gasteiger partial charge in [-0.05, 0) is 12.0 Å². The van der Waals surface area contributed by atoms with Crippen molar-refractivity contribution >= 4 is 17.2 Å². The van der Waals surface area contributed by atoms with Gasteiger partial charge in [0.15, 0.2) is 0 Å². The fourth-order valence-electron chi connectivity index (χ4n) is 2.89. The average Bonchev–Trinajstić information content (AvgIpc) is 3.21. The van der Waals surface area contributed by atoms with E-state index in [1.807, 2.05) is 40.6 Å². The van der Waals surface area contributed by atoms with Crippen LogP contribution in [0.3, 0.4) is 0 Å². The second-order valence-electron chi connectivity index (χ2n) is 5.48. The van der Waals surface area contributed by atoms with Crippen LogP contribution in [0.2, 0.25) is 0 Å². The highest BCUT2D eigenvalue weighted by atomic mass is 32.1. The van der Waals surface area contributed by atoms with Gasteiger partial charge in [0.25, 0.3) is 5.19 Å². The third-order valence-corrected chi connectivity index (χ3v) is 4.70. The Hall–Kier alpha value is -1.88. The molecule has 1 aromatic carbocycles. The zero-order chi connectivity index (χ0) is 15.4. The minimum atomic E-state index is -0.0557. The molecule has 1 amide bonds.